The number of hydrogen-bond acceptors (Lipinski definition) is 6. The van der Waals surface area contributed by atoms with Crippen LogP contribution in [0.25, 0.3) is 0 Å². The van der Waals surface area contributed by atoms with Gasteiger partial charge >= 0.3 is 6.01 Å². The third-order valence-electron chi connectivity index (χ3n) is 1.67. The topological polar surface area (TPSA) is 97.1 Å². The first kappa shape index (κ1) is 12.9. The Bertz CT molecular complexity index is 452. The smallest absolute Gasteiger partial charge is 0.321 e. The molecule has 0 aliphatic heterocycles. The van der Waals surface area contributed by atoms with Gasteiger partial charge in [-0.3, -0.25) is 0 Å². The third-order valence-corrected chi connectivity index (χ3v) is 2.59. The average molecular weight is 248 g/mol. The molecular weight excluding hydrogens is 232 g/mol. The number of nitrogens with one attached hydrogen (secondary N) is 2. The van der Waals surface area contributed by atoms with Crippen molar-refractivity contribution in [2.24, 2.45) is 0 Å². The van der Waals surface area contributed by atoms with E-state index in [-0.39, 0.29) is 6.01 Å². The van der Waals surface area contributed by atoms with Gasteiger partial charge in [0.1, 0.15) is 0 Å². The molecule has 16 heavy (non-hydrogen) atoms. The molecule has 0 saturated carbocycles. The second-order valence-corrected chi connectivity index (χ2v) is 6.01. The van der Waals surface area contributed by atoms with Crippen molar-refractivity contribution < 1.29 is 12.9 Å². The molecular formula is C8H16N4O3S. The van der Waals surface area contributed by atoms with E-state index in [0.29, 0.717) is 12.4 Å². The Morgan fingerprint density at radius 3 is 2.50 bits per heavy atom. The van der Waals surface area contributed by atoms with Crippen molar-refractivity contribution in [3.8, 4) is 0 Å². The molecule has 1 heterocycles. The Morgan fingerprint density at radius 1 is 1.44 bits per heavy atom. The van der Waals surface area contributed by atoms with Crippen LogP contribution >= 0.6 is 0 Å². The predicted octanol–water partition coefficient (Wildman–Crippen LogP) is 0.118. The number of anilines is 1. The van der Waals surface area contributed by atoms with E-state index in [9.17, 15) is 8.42 Å². The first-order valence-electron chi connectivity index (χ1n) is 4.71. The molecule has 92 valence electrons. The highest BCUT2D eigenvalue weighted by molar-refractivity contribution is 7.88. The standard InChI is InChI=1S/C8H16N4O3S/c1-6-10-7(15-11-6)9-5-8(2,3)12-16(4,13)14/h12H,5H2,1-4H3,(H,9,10,11). The third kappa shape index (κ3) is 4.58. The Labute approximate surface area is 94.7 Å². The summed E-state index contributed by atoms with van der Waals surface area (Å²) in [7, 11) is -3.24. The van der Waals surface area contributed by atoms with Crippen LogP contribution in [0.1, 0.15) is 19.7 Å². The van der Waals surface area contributed by atoms with Crippen molar-refractivity contribution >= 4 is 16.0 Å². The molecule has 0 aliphatic rings. The fourth-order valence-corrected chi connectivity index (χ4v) is 2.28. The lowest BCUT2D eigenvalue weighted by Crippen LogP contribution is -2.47. The largest absolute Gasteiger partial charge is 0.336 e. The highest BCUT2D eigenvalue weighted by Gasteiger charge is 2.22. The summed E-state index contributed by atoms with van der Waals surface area (Å²) in [4.78, 5) is 3.94. The summed E-state index contributed by atoms with van der Waals surface area (Å²) in [6, 6.07) is 0.279. The van der Waals surface area contributed by atoms with Gasteiger partial charge in [-0.2, -0.15) is 4.98 Å². The summed E-state index contributed by atoms with van der Waals surface area (Å²) >= 11 is 0. The lowest BCUT2D eigenvalue weighted by Gasteiger charge is -2.24. The fraction of sp³-hybridized carbons (Fsp3) is 0.750. The summed E-state index contributed by atoms with van der Waals surface area (Å²) in [6.45, 7) is 5.56. The summed E-state index contributed by atoms with van der Waals surface area (Å²) < 4.78 is 29.5. The number of sulfonamides is 1. The highest BCUT2D eigenvalue weighted by Crippen LogP contribution is 2.07. The fourth-order valence-electron chi connectivity index (χ4n) is 1.20. The van der Waals surface area contributed by atoms with Crippen molar-refractivity contribution in [2.75, 3.05) is 18.1 Å². The molecule has 2 N–H and O–H groups in total. The van der Waals surface area contributed by atoms with Crippen LogP contribution in [-0.4, -0.2) is 36.9 Å². The molecule has 1 aromatic heterocycles. The zero-order valence-electron chi connectivity index (χ0n) is 9.73. The van der Waals surface area contributed by atoms with Gasteiger partial charge in [0.05, 0.1) is 6.26 Å². The lowest BCUT2D eigenvalue weighted by atomic mass is 10.1. The van der Waals surface area contributed by atoms with E-state index in [2.05, 4.69) is 20.2 Å². The van der Waals surface area contributed by atoms with Crippen LogP contribution in [0.4, 0.5) is 6.01 Å². The number of rotatable bonds is 5. The molecule has 0 aromatic carbocycles. The monoisotopic (exact) mass is 248 g/mol. The number of hydrogen-bond donors (Lipinski definition) is 2. The van der Waals surface area contributed by atoms with Crippen LogP contribution in [-0.2, 0) is 10.0 Å². The van der Waals surface area contributed by atoms with Gasteiger partial charge in [-0.05, 0) is 20.8 Å². The van der Waals surface area contributed by atoms with E-state index in [0.717, 1.165) is 6.26 Å². The van der Waals surface area contributed by atoms with Gasteiger partial charge in [0.2, 0.25) is 10.0 Å². The van der Waals surface area contributed by atoms with Crippen molar-refractivity contribution in [2.45, 2.75) is 26.3 Å². The SMILES string of the molecule is Cc1noc(NCC(C)(C)NS(C)(=O)=O)n1. The molecule has 0 saturated heterocycles. The summed E-state index contributed by atoms with van der Waals surface area (Å²) in [5.74, 6) is 0.524. The lowest BCUT2D eigenvalue weighted by molar-refractivity contribution is 0.415. The molecule has 0 bridgehead atoms. The first-order valence-corrected chi connectivity index (χ1v) is 6.60. The maximum Gasteiger partial charge on any atom is 0.321 e. The van der Waals surface area contributed by atoms with E-state index in [1.54, 1.807) is 20.8 Å². The van der Waals surface area contributed by atoms with Crippen LogP contribution in [0, 0.1) is 6.92 Å². The summed E-state index contributed by atoms with van der Waals surface area (Å²) in [5.41, 5.74) is -0.629. The van der Waals surface area contributed by atoms with Gasteiger partial charge in [-0.25, -0.2) is 13.1 Å². The van der Waals surface area contributed by atoms with E-state index in [1.165, 1.54) is 0 Å². The van der Waals surface area contributed by atoms with Gasteiger partial charge in [0, 0.05) is 12.1 Å². The minimum Gasteiger partial charge on any atom is -0.336 e. The zero-order valence-corrected chi connectivity index (χ0v) is 10.6. The van der Waals surface area contributed by atoms with E-state index in [4.69, 9.17) is 4.52 Å². The van der Waals surface area contributed by atoms with E-state index in [1.807, 2.05) is 0 Å². The molecule has 8 heteroatoms. The van der Waals surface area contributed by atoms with Gasteiger partial charge in [0.25, 0.3) is 0 Å². The Hall–Kier alpha value is -1.15. The number of aryl methyl sites for hydroxylation is 1. The highest BCUT2D eigenvalue weighted by atomic mass is 32.2. The van der Waals surface area contributed by atoms with Gasteiger partial charge in [-0.15, -0.1) is 0 Å². The molecule has 0 fully saturated rings. The van der Waals surface area contributed by atoms with Gasteiger partial charge in [-0.1, -0.05) is 5.16 Å². The average Bonchev–Trinajstić information content (AvgIpc) is 2.44. The van der Waals surface area contributed by atoms with Crippen molar-refractivity contribution in [1.82, 2.24) is 14.9 Å². The molecule has 7 nitrogen and oxygen atoms in total. The van der Waals surface area contributed by atoms with Crippen LogP contribution < -0.4 is 10.0 Å². The quantitative estimate of drug-likeness (QED) is 0.768. The molecule has 0 atom stereocenters. The zero-order chi connectivity index (χ0) is 12.4. The van der Waals surface area contributed by atoms with Crippen molar-refractivity contribution in [3.05, 3.63) is 5.82 Å². The minimum absolute atomic E-state index is 0.279. The molecule has 0 spiro atoms. The Morgan fingerprint density at radius 2 is 2.06 bits per heavy atom. The van der Waals surface area contributed by atoms with Crippen LogP contribution in [0.5, 0.6) is 0 Å². The molecule has 0 aliphatic carbocycles. The Kier molecular flexibility index (Phi) is 3.54. The van der Waals surface area contributed by atoms with Crippen molar-refractivity contribution in [1.29, 1.82) is 0 Å². The van der Waals surface area contributed by atoms with Crippen LogP contribution in [0.2, 0.25) is 0 Å². The predicted molar refractivity (Wildman–Crippen MR) is 59.6 cm³/mol. The molecule has 0 unspecified atom stereocenters. The van der Waals surface area contributed by atoms with Gasteiger partial charge in [0.15, 0.2) is 5.82 Å². The van der Waals surface area contributed by atoms with Gasteiger partial charge < -0.3 is 9.84 Å². The molecule has 1 aromatic rings. The number of aromatic nitrogens is 2. The Balaban J connectivity index is 2.54. The molecule has 0 amide bonds. The minimum atomic E-state index is -3.24. The summed E-state index contributed by atoms with van der Waals surface area (Å²) in [6.07, 6.45) is 1.12. The van der Waals surface area contributed by atoms with E-state index < -0.39 is 15.6 Å². The second kappa shape index (κ2) is 4.38. The maximum atomic E-state index is 11.1. The second-order valence-electron chi connectivity index (χ2n) is 4.26. The van der Waals surface area contributed by atoms with Crippen LogP contribution in [0.15, 0.2) is 4.52 Å². The normalized spacial score (nSPS) is 12.8. The maximum absolute atomic E-state index is 11.1. The molecule has 1 rings (SSSR count). The van der Waals surface area contributed by atoms with E-state index >= 15 is 0 Å². The van der Waals surface area contributed by atoms with Crippen LogP contribution in [0.3, 0.4) is 0 Å². The van der Waals surface area contributed by atoms with Crippen molar-refractivity contribution in [3.63, 3.8) is 0 Å². The molecule has 0 radical (unpaired) electrons. The number of nitrogens with zero attached hydrogens (tertiary/aromatic N) is 2. The first-order chi connectivity index (χ1) is 7.18. The summed E-state index contributed by atoms with van der Waals surface area (Å²) in [5, 5.41) is 6.47.